The maximum Gasteiger partial charge on any atom is 0.126 e. The van der Waals surface area contributed by atoms with Crippen molar-refractivity contribution in [3.8, 4) is 0 Å². The Labute approximate surface area is 89.1 Å². The Balaban J connectivity index is 2.75. The number of imidazole rings is 1. The average molecular weight is 204 g/mol. The van der Waals surface area contributed by atoms with Crippen LogP contribution in [0.4, 0.5) is 0 Å². The lowest BCUT2D eigenvalue weighted by Crippen LogP contribution is -2.14. The van der Waals surface area contributed by atoms with E-state index < -0.39 is 0 Å². The summed E-state index contributed by atoms with van der Waals surface area (Å²) in [4.78, 5) is 8.58. The van der Waals surface area contributed by atoms with Crippen LogP contribution >= 0.6 is 0 Å². The SMILES string of the molecule is CC(C)n1c([C@H](C)N)nc2cnccc21. The quantitative estimate of drug-likeness (QED) is 0.814. The smallest absolute Gasteiger partial charge is 0.126 e. The molecule has 2 rings (SSSR count). The molecule has 0 saturated heterocycles. The molecule has 0 aliphatic carbocycles. The third-order valence-electron chi connectivity index (χ3n) is 2.44. The minimum absolute atomic E-state index is 0.0557. The Morgan fingerprint density at radius 3 is 2.67 bits per heavy atom. The summed E-state index contributed by atoms with van der Waals surface area (Å²) in [5.74, 6) is 0.924. The highest BCUT2D eigenvalue weighted by atomic mass is 15.1. The van der Waals surface area contributed by atoms with Gasteiger partial charge in [0, 0.05) is 12.2 Å². The number of nitrogens with two attached hydrogens (primary N) is 1. The molecule has 2 N–H and O–H groups in total. The van der Waals surface area contributed by atoms with Crippen LogP contribution in [-0.4, -0.2) is 14.5 Å². The molecule has 0 radical (unpaired) electrons. The van der Waals surface area contributed by atoms with Gasteiger partial charge in [0.2, 0.25) is 0 Å². The van der Waals surface area contributed by atoms with Crippen LogP contribution in [-0.2, 0) is 0 Å². The summed E-state index contributed by atoms with van der Waals surface area (Å²) in [6.45, 7) is 6.22. The van der Waals surface area contributed by atoms with E-state index in [4.69, 9.17) is 5.73 Å². The summed E-state index contributed by atoms with van der Waals surface area (Å²) in [5.41, 5.74) is 7.93. The molecule has 0 unspecified atom stereocenters. The molecule has 0 fully saturated rings. The van der Waals surface area contributed by atoms with Crippen molar-refractivity contribution in [2.75, 3.05) is 0 Å². The highest BCUT2D eigenvalue weighted by molar-refractivity contribution is 5.75. The van der Waals surface area contributed by atoms with Crippen LogP contribution in [0.1, 0.15) is 38.7 Å². The summed E-state index contributed by atoms with van der Waals surface area (Å²) >= 11 is 0. The fourth-order valence-electron chi connectivity index (χ4n) is 1.83. The lowest BCUT2D eigenvalue weighted by atomic mass is 10.3. The first kappa shape index (κ1) is 10.1. The van der Waals surface area contributed by atoms with Crippen molar-refractivity contribution in [2.24, 2.45) is 5.73 Å². The van der Waals surface area contributed by atoms with Gasteiger partial charge in [-0.3, -0.25) is 4.98 Å². The first-order valence-corrected chi connectivity index (χ1v) is 5.18. The van der Waals surface area contributed by atoms with Crippen LogP contribution in [0.25, 0.3) is 11.0 Å². The normalized spacial score (nSPS) is 13.7. The maximum absolute atomic E-state index is 5.91. The molecule has 0 spiro atoms. The lowest BCUT2D eigenvalue weighted by molar-refractivity contribution is 0.558. The second kappa shape index (κ2) is 3.62. The van der Waals surface area contributed by atoms with Gasteiger partial charge in [-0.15, -0.1) is 0 Å². The van der Waals surface area contributed by atoms with Crippen molar-refractivity contribution in [3.63, 3.8) is 0 Å². The fourth-order valence-corrected chi connectivity index (χ4v) is 1.83. The molecule has 0 saturated carbocycles. The highest BCUT2D eigenvalue weighted by Gasteiger charge is 2.15. The molecule has 0 aliphatic rings. The molecule has 1 atom stereocenters. The minimum Gasteiger partial charge on any atom is -0.324 e. The first-order chi connectivity index (χ1) is 7.11. The highest BCUT2D eigenvalue weighted by Crippen LogP contribution is 2.22. The van der Waals surface area contributed by atoms with Crippen molar-refractivity contribution >= 4 is 11.0 Å². The van der Waals surface area contributed by atoms with E-state index in [1.165, 1.54) is 0 Å². The van der Waals surface area contributed by atoms with Gasteiger partial charge >= 0.3 is 0 Å². The summed E-state index contributed by atoms with van der Waals surface area (Å²) in [6, 6.07) is 2.28. The fraction of sp³-hybridized carbons (Fsp3) is 0.455. The minimum atomic E-state index is -0.0557. The van der Waals surface area contributed by atoms with Crippen molar-refractivity contribution in [1.82, 2.24) is 14.5 Å². The van der Waals surface area contributed by atoms with Crippen molar-refractivity contribution in [2.45, 2.75) is 32.9 Å². The zero-order chi connectivity index (χ0) is 11.0. The van der Waals surface area contributed by atoms with Gasteiger partial charge in [-0.05, 0) is 26.8 Å². The third kappa shape index (κ3) is 1.61. The number of aromatic nitrogens is 3. The van der Waals surface area contributed by atoms with E-state index in [-0.39, 0.29) is 6.04 Å². The average Bonchev–Trinajstić information content (AvgIpc) is 2.56. The molecule has 2 aromatic rings. The summed E-state index contributed by atoms with van der Waals surface area (Å²) in [6.07, 6.45) is 3.56. The monoisotopic (exact) mass is 204 g/mol. The number of fused-ring (bicyclic) bond motifs is 1. The van der Waals surface area contributed by atoms with E-state index in [1.54, 1.807) is 12.4 Å². The van der Waals surface area contributed by atoms with Gasteiger partial charge in [0.05, 0.1) is 17.8 Å². The molecule has 4 heteroatoms. The van der Waals surface area contributed by atoms with Crippen LogP contribution < -0.4 is 5.73 Å². The van der Waals surface area contributed by atoms with Crippen molar-refractivity contribution < 1.29 is 0 Å². The lowest BCUT2D eigenvalue weighted by Gasteiger charge is -2.14. The predicted molar refractivity (Wildman–Crippen MR) is 60.5 cm³/mol. The van der Waals surface area contributed by atoms with Crippen LogP contribution in [0, 0.1) is 0 Å². The van der Waals surface area contributed by atoms with Crippen LogP contribution in [0.15, 0.2) is 18.5 Å². The van der Waals surface area contributed by atoms with Gasteiger partial charge in [-0.1, -0.05) is 0 Å². The molecule has 2 heterocycles. The molecule has 0 amide bonds. The standard InChI is InChI=1S/C11H16N4/c1-7(2)15-10-4-5-13-6-9(10)14-11(15)8(3)12/h4-8H,12H2,1-3H3/t8-/m0/s1. The zero-order valence-corrected chi connectivity index (χ0v) is 9.31. The molecular weight excluding hydrogens is 188 g/mol. The van der Waals surface area contributed by atoms with Gasteiger partial charge < -0.3 is 10.3 Å². The molecule has 2 aromatic heterocycles. The van der Waals surface area contributed by atoms with Crippen molar-refractivity contribution in [1.29, 1.82) is 0 Å². The number of rotatable bonds is 2. The van der Waals surface area contributed by atoms with Gasteiger partial charge in [-0.25, -0.2) is 4.98 Å². The van der Waals surface area contributed by atoms with Gasteiger partial charge in [0.25, 0.3) is 0 Å². The molecule has 15 heavy (non-hydrogen) atoms. The summed E-state index contributed by atoms with van der Waals surface area (Å²) in [7, 11) is 0. The topological polar surface area (TPSA) is 56.7 Å². The van der Waals surface area contributed by atoms with Gasteiger partial charge in [-0.2, -0.15) is 0 Å². The Kier molecular flexibility index (Phi) is 2.44. The first-order valence-electron chi connectivity index (χ1n) is 5.18. The van der Waals surface area contributed by atoms with Gasteiger partial charge in [0.1, 0.15) is 11.3 Å². The Morgan fingerprint density at radius 1 is 1.33 bits per heavy atom. The Morgan fingerprint density at radius 2 is 2.07 bits per heavy atom. The van der Waals surface area contributed by atoms with E-state index in [1.807, 2.05) is 13.0 Å². The zero-order valence-electron chi connectivity index (χ0n) is 9.31. The van der Waals surface area contributed by atoms with E-state index in [0.29, 0.717) is 6.04 Å². The molecule has 4 nitrogen and oxygen atoms in total. The molecular formula is C11H16N4. The van der Waals surface area contributed by atoms with Crippen LogP contribution in [0.5, 0.6) is 0 Å². The molecule has 80 valence electrons. The Bertz CT molecular complexity index is 470. The number of nitrogens with zero attached hydrogens (tertiary/aromatic N) is 3. The molecule has 0 bridgehead atoms. The van der Waals surface area contributed by atoms with E-state index in [9.17, 15) is 0 Å². The number of hydrogen-bond donors (Lipinski definition) is 1. The van der Waals surface area contributed by atoms with Gasteiger partial charge in [0.15, 0.2) is 0 Å². The summed E-state index contributed by atoms with van der Waals surface area (Å²) in [5, 5.41) is 0. The van der Waals surface area contributed by atoms with Crippen LogP contribution in [0.2, 0.25) is 0 Å². The largest absolute Gasteiger partial charge is 0.324 e. The molecule has 0 aliphatic heterocycles. The second-order valence-electron chi connectivity index (χ2n) is 4.09. The number of pyridine rings is 1. The van der Waals surface area contributed by atoms with Crippen LogP contribution in [0.3, 0.4) is 0 Å². The van der Waals surface area contributed by atoms with Crippen molar-refractivity contribution in [3.05, 3.63) is 24.3 Å². The van der Waals surface area contributed by atoms with E-state index in [0.717, 1.165) is 16.9 Å². The Hall–Kier alpha value is -1.42. The summed E-state index contributed by atoms with van der Waals surface area (Å²) < 4.78 is 2.17. The third-order valence-corrected chi connectivity index (χ3v) is 2.44. The maximum atomic E-state index is 5.91. The number of hydrogen-bond acceptors (Lipinski definition) is 3. The second-order valence-corrected chi connectivity index (χ2v) is 4.09. The van der Waals surface area contributed by atoms with E-state index in [2.05, 4.69) is 28.4 Å². The predicted octanol–water partition coefficient (Wildman–Crippen LogP) is 2.03. The van der Waals surface area contributed by atoms with E-state index >= 15 is 0 Å². The molecule has 0 aromatic carbocycles.